The zero-order chi connectivity index (χ0) is 20.5. The van der Waals surface area contributed by atoms with Gasteiger partial charge in [-0.1, -0.05) is 26.0 Å². The van der Waals surface area contributed by atoms with Crippen molar-refractivity contribution >= 4 is 17.5 Å². The van der Waals surface area contributed by atoms with Crippen molar-refractivity contribution in [3.8, 4) is 0 Å². The lowest BCUT2D eigenvalue weighted by molar-refractivity contribution is -0.137. The standard InChI is InChI=1S/C21H21F3N2O2/c1-13(2)20(28)26-9-8-14-6-7-18(11-16(14)12-26)25-19(27)15-4-3-5-17(10-15)21(22,23)24/h3-7,10-11,13H,8-9,12H2,1-2H3,(H,25,27). The summed E-state index contributed by atoms with van der Waals surface area (Å²) in [6.07, 6.45) is -3.77. The Bertz CT molecular complexity index is 907. The second-order valence-corrected chi connectivity index (χ2v) is 7.18. The first kappa shape index (κ1) is 19.9. The molecule has 7 heteroatoms. The van der Waals surface area contributed by atoms with Crippen molar-refractivity contribution in [2.24, 2.45) is 5.92 Å². The smallest absolute Gasteiger partial charge is 0.338 e. The highest BCUT2D eigenvalue weighted by atomic mass is 19.4. The summed E-state index contributed by atoms with van der Waals surface area (Å²) in [5, 5.41) is 2.64. The fourth-order valence-corrected chi connectivity index (χ4v) is 3.23. The molecule has 2 amide bonds. The predicted octanol–water partition coefficient (Wildman–Crippen LogP) is 4.50. The Morgan fingerprint density at radius 3 is 2.50 bits per heavy atom. The molecule has 0 aliphatic carbocycles. The van der Waals surface area contributed by atoms with Gasteiger partial charge in [-0.2, -0.15) is 13.2 Å². The second kappa shape index (κ2) is 7.66. The minimum absolute atomic E-state index is 0.0656. The molecule has 2 aromatic carbocycles. The van der Waals surface area contributed by atoms with Gasteiger partial charge in [0.2, 0.25) is 5.91 Å². The number of amides is 2. The molecule has 1 heterocycles. The average Bonchev–Trinajstić information content (AvgIpc) is 2.66. The first-order valence-corrected chi connectivity index (χ1v) is 9.04. The lowest BCUT2D eigenvalue weighted by atomic mass is 9.98. The number of nitrogens with one attached hydrogen (secondary N) is 1. The van der Waals surface area contributed by atoms with Gasteiger partial charge in [0.15, 0.2) is 0 Å². The molecule has 148 valence electrons. The minimum atomic E-state index is -4.51. The molecule has 4 nitrogen and oxygen atoms in total. The summed E-state index contributed by atoms with van der Waals surface area (Å²) in [6, 6.07) is 9.69. The average molecular weight is 390 g/mol. The van der Waals surface area contributed by atoms with Crippen LogP contribution in [0.25, 0.3) is 0 Å². The van der Waals surface area contributed by atoms with E-state index < -0.39 is 17.6 Å². The molecule has 0 bridgehead atoms. The second-order valence-electron chi connectivity index (χ2n) is 7.18. The Kier molecular flexibility index (Phi) is 5.45. The number of hydrogen-bond donors (Lipinski definition) is 1. The monoisotopic (exact) mass is 390 g/mol. The number of halogens is 3. The molecular formula is C21H21F3N2O2. The van der Waals surface area contributed by atoms with E-state index in [-0.39, 0.29) is 17.4 Å². The van der Waals surface area contributed by atoms with Gasteiger partial charge in [-0.25, -0.2) is 0 Å². The third kappa shape index (κ3) is 4.35. The Hall–Kier alpha value is -2.83. The molecule has 3 rings (SSSR count). The van der Waals surface area contributed by atoms with Crippen molar-refractivity contribution in [2.45, 2.75) is 33.0 Å². The minimum Gasteiger partial charge on any atom is -0.338 e. The third-order valence-electron chi connectivity index (χ3n) is 4.73. The molecule has 0 saturated carbocycles. The van der Waals surface area contributed by atoms with E-state index in [1.54, 1.807) is 17.0 Å². The van der Waals surface area contributed by atoms with Crippen LogP contribution >= 0.6 is 0 Å². The van der Waals surface area contributed by atoms with Gasteiger partial charge in [-0.3, -0.25) is 9.59 Å². The van der Waals surface area contributed by atoms with Gasteiger partial charge in [0.1, 0.15) is 0 Å². The van der Waals surface area contributed by atoms with Crippen LogP contribution in [0.15, 0.2) is 42.5 Å². The van der Waals surface area contributed by atoms with Crippen LogP contribution in [-0.4, -0.2) is 23.3 Å². The molecule has 1 aliphatic rings. The zero-order valence-electron chi connectivity index (χ0n) is 15.6. The Morgan fingerprint density at radius 1 is 1.07 bits per heavy atom. The van der Waals surface area contributed by atoms with Crippen LogP contribution in [-0.2, 0) is 23.9 Å². The highest BCUT2D eigenvalue weighted by Crippen LogP contribution is 2.30. The van der Waals surface area contributed by atoms with Gasteiger partial charge in [0, 0.05) is 30.3 Å². The van der Waals surface area contributed by atoms with Crippen molar-refractivity contribution in [3.63, 3.8) is 0 Å². The lowest BCUT2D eigenvalue weighted by Crippen LogP contribution is -2.38. The maximum absolute atomic E-state index is 12.8. The van der Waals surface area contributed by atoms with Crippen LogP contribution in [0, 0.1) is 5.92 Å². The van der Waals surface area contributed by atoms with Crippen molar-refractivity contribution in [3.05, 3.63) is 64.7 Å². The molecule has 0 fully saturated rings. The van der Waals surface area contributed by atoms with Crippen LogP contribution in [0.4, 0.5) is 18.9 Å². The molecular weight excluding hydrogens is 369 g/mol. The number of hydrogen-bond acceptors (Lipinski definition) is 2. The maximum atomic E-state index is 12.8. The van der Waals surface area contributed by atoms with Gasteiger partial charge in [0.25, 0.3) is 5.91 Å². The summed E-state index contributed by atoms with van der Waals surface area (Å²) in [7, 11) is 0. The molecule has 1 N–H and O–H groups in total. The van der Waals surface area contributed by atoms with Crippen molar-refractivity contribution in [1.82, 2.24) is 4.90 Å². The number of fused-ring (bicyclic) bond motifs is 1. The largest absolute Gasteiger partial charge is 0.416 e. The first-order chi connectivity index (χ1) is 13.1. The van der Waals surface area contributed by atoms with Gasteiger partial charge in [-0.05, 0) is 47.9 Å². The van der Waals surface area contributed by atoms with Crippen LogP contribution in [0.3, 0.4) is 0 Å². The van der Waals surface area contributed by atoms with Crippen LogP contribution < -0.4 is 5.32 Å². The summed E-state index contributed by atoms with van der Waals surface area (Å²) in [5.41, 5.74) is 1.59. The summed E-state index contributed by atoms with van der Waals surface area (Å²) in [5.74, 6) is -0.633. The Morgan fingerprint density at radius 2 is 1.82 bits per heavy atom. The highest BCUT2D eigenvalue weighted by Gasteiger charge is 2.31. The van der Waals surface area contributed by atoms with Crippen LogP contribution in [0.5, 0.6) is 0 Å². The van der Waals surface area contributed by atoms with E-state index in [1.165, 1.54) is 12.1 Å². The predicted molar refractivity (Wildman–Crippen MR) is 99.8 cm³/mol. The van der Waals surface area contributed by atoms with E-state index in [0.717, 1.165) is 29.7 Å². The molecule has 2 aromatic rings. The molecule has 0 atom stereocenters. The normalized spacial score (nSPS) is 14.0. The lowest BCUT2D eigenvalue weighted by Gasteiger charge is -2.30. The summed E-state index contributed by atoms with van der Waals surface area (Å²) >= 11 is 0. The zero-order valence-corrected chi connectivity index (χ0v) is 15.6. The van der Waals surface area contributed by atoms with Gasteiger partial charge in [0.05, 0.1) is 5.56 Å². The van der Waals surface area contributed by atoms with E-state index in [2.05, 4.69) is 5.32 Å². The molecule has 0 unspecified atom stereocenters. The van der Waals surface area contributed by atoms with Crippen LogP contribution in [0.1, 0.15) is 40.9 Å². The number of nitrogens with zero attached hydrogens (tertiary/aromatic N) is 1. The number of rotatable bonds is 3. The topological polar surface area (TPSA) is 49.4 Å². The van der Waals surface area contributed by atoms with E-state index >= 15 is 0 Å². The van der Waals surface area contributed by atoms with Crippen molar-refractivity contribution in [2.75, 3.05) is 11.9 Å². The van der Waals surface area contributed by atoms with Crippen LogP contribution in [0.2, 0.25) is 0 Å². The molecule has 0 radical (unpaired) electrons. The number of benzene rings is 2. The van der Waals surface area contributed by atoms with E-state index in [9.17, 15) is 22.8 Å². The molecule has 28 heavy (non-hydrogen) atoms. The van der Waals surface area contributed by atoms with E-state index in [4.69, 9.17) is 0 Å². The molecule has 1 aliphatic heterocycles. The third-order valence-corrected chi connectivity index (χ3v) is 4.73. The number of carbonyl (C=O) groups is 2. The SMILES string of the molecule is CC(C)C(=O)N1CCc2ccc(NC(=O)c3cccc(C(F)(F)F)c3)cc2C1. The number of anilines is 1. The fraction of sp³-hybridized carbons (Fsp3) is 0.333. The van der Waals surface area contributed by atoms with Gasteiger partial charge in [-0.15, -0.1) is 0 Å². The fourth-order valence-electron chi connectivity index (χ4n) is 3.23. The Labute approximate surface area is 161 Å². The maximum Gasteiger partial charge on any atom is 0.416 e. The number of alkyl halides is 3. The summed E-state index contributed by atoms with van der Waals surface area (Å²) < 4.78 is 38.5. The highest BCUT2D eigenvalue weighted by molar-refractivity contribution is 6.04. The first-order valence-electron chi connectivity index (χ1n) is 9.04. The van der Waals surface area contributed by atoms with Gasteiger partial charge < -0.3 is 10.2 Å². The molecule has 0 saturated heterocycles. The molecule has 0 spiro atoms. The van der Waals surface area contributed by atoms with Crippen molar-refractivity contribution < 1.29 is 22.8 Å². The van der Waals surface area contributed by atoms with Gasteiger partial charge >= 0.3 is 6.18 Å². The van der Waals surface area contributed by atoms with E-state index in [1.807, 2.05) is 19.9 Å². The number of carbonyl (C=O) groups excluding carboxylic acids is 2. The summed E-state index contributed by atoms with van der Waals surface area (Å²) in [6.45, 7) is 4.81. The van der Waals surface area contributed by atoms with E-state index in [0.29, 0.717) is 18.8 Å². The summed E-state index contributed by atoms with van der Waals surface area (Å²) in [4.78, 5) is 26.4. The Balaban J connectivity index is 1.77. The van der Waals surface area contributed by atoms with Crippen molar-refractivity contribution in [1.29, 1.82) is 0 Å². The quantitative estimate of drug-likeness (QED) is 0.839. The molecule has 0 aromatic heterocycles.